The highest BCUT2D eigenvalue weighted by molar-refractivity contribution is 5.07. The Morgan fingerprint density at radius 2 is 2.00 bits per heavy atom. The number of hydrogen-bond donors (Lipinski definition) is 2. The molecule has 44 valence electrons. The molecule has 2 nitrogen and oxygen atoms in total. The largest absolute Gasteiger partial charge is 0.356 e. The van der Waals surface area contributed by atoms with Gasteiger partial charge in [-0.25, -0.2) is 0 Å². The van der Waals surface area contributed by atoms with E-state index in [0.29, 0.717) is 0 Å². The van der Waals surface area contributed by atoms with Crippen LogP contribution in [0.4, 0.5) is 0 Å². The summed E-state index contributed by atoms with van der Waals surface area (Å²) in [5.74, 6) is 0.0324. The fourth-order valence-corrected chi connectivity index (χ4v) is 0.604. The van der Waals surface area contributed by atoms with Crippen molar-refractivity contribution in [3.8, 4) is 12.3 Å². The molecule has 0 bridgehead atoms. The Balaban J connectivity index is 2.53. The molecule has 0 unspecified atom stereocenters. The molecule has 1 rings (SSSR count). The third kappa shape index (κ3) is 0.835. The summed E-state index contributed by atoms with van der Waals surface area (Å²) in [7, 11) is 0. The van der Waals surface area contributed by atoms with Crippen LogP contribution in [0.5, 0.6) is 0 Å². The van der Waals surface area contributed by atoms with Crippen molar-refractivity contribution in [2.45, 2.75) is 18.6 Å². The molecule has 1 fully saturated rings. The Morgan fingerprint density at radius 3 is 2.12 bits per heavy atom. The van der Waals surface area contributed by atoms with Crippen molar-refractivity contribution >= 4 is 0 Å². The van der Waals surface area contributed by atoms with E-state index in [1.54, 1.807) is 0 Å². The molecule has 0 radical (unpaired) electrons. The molecule has 0 aromatic heterocycles. The second kappa shape index (κ2) is 1.48. The molecule has 1 aliphatic carbocycles. The van der Waals surface area contributed by atoms with Crippen molar-refractivity contribution in [1.29, 1.82) is 0 Å². The minimum absolute atomic E-state index is 0.0625. The fraction of sp³-hybridized carbons (Fsp3) is 0.667. The Kier molecular flexibility index (Phi) is 1.04. The van der Waals surface area contributed by atoms with Crippen LogP contribution >= 0.6 is 0 Å². The third-order valence-electron chi connectivity index (χ3n) is 1.36. The Morgan fingerprint density at radius 1 is 1.50 bits per heavy atom. The van der Waals surface area contributed by atoms with Crippen molar-refractivity contribution < 1.29 is 10.2 Å². The van der Waals surface area contributed by atoms with Gasteiger partial charge in [-0.1, -0.05) is 0 Å². The molecule has 0 saturated heterocycles. The van der Waals surface area contributed by atoms with E-state index in [-0.39, 0.29) is 5.92 Å². The number of aliphatic hydroxyl groups is 2. The normalized spacial score (nSPS) is 20.1. The second-order valence-electron chi connectivity index (χ2n) is 2.14. The lowest BCUT2D eigenvalue weighted by atomic mass is 10.2. The van der Waals surface area contributed by atoms with Gasteiger partial charge in [0, 0.05) is 5.92 Å². The summed E-state index contributed by atoms with van der Waals surface area (Å²) < 4.78 is 0. The summed E-state index contributed by atoms with van der Waals surface area (Å²) in [6.07, 6.45) is 6.49. The van der Waals surface area contributed by atoms with Crippen molar-refractivity contribution in [1.82, 2.24) is 0 Å². The Labute approximate surface area is 48.1 Å². The van der Waals surface area contributed by atoms with Crippen LogP contribution in [-0.2, 0) is 0 Å². The summed E-state index contributed by atoms with van der Waals surface area (Å²) in [6.45, 7) is 0. The molecule has 1 aliphatic rings. The highest BCUT2D eigenvalue weighted by Crippen LogP contribution is 2.37. The van der Waals surface area contributed by atoms with E-state index in [1.807, 2.05) is 5.92 Å². The van der Waals surface area contributed by atoms with E-state index < -0.39 is 5.79 Å². The predicted molar refractivity (Wildman–Crippen MR) is 28.7 cm³/mol. The zero-order valence-corrected chi connectivity index (χ0v) is 4.46. The van der Waals surface area contributed by atoms with Gasteiger partial charge in [-0.15, -0.1) is 6.42 Å². The highest BCUT2D eigenvalue weighted by Gasteiger charge is 2.40. The molecule has 0 amide bonds. The monoisotopic (exact) mass is 112 g/mol. The molecule has 0 heterocycles. The van der Waals surface area contributed by atoms with Crippen molar-refractivity contribution in [2.24, 2.45) is 5.92 Å². The highest BCUT2D eigenvalue weighted by atomic mass is 16.5. The van der Waals surface area contributed by atoms with Gasteiger partial charge in [-0.2, -0.15) is 0 Å². The standard InChI is InChI=1S/C6H8O2/c1-2-6(7,8)5-3-4-5/h1,5,7-8H,3-4H2. The number of rotatable bonds is 1. The summed E-state index contributed by atoms with van der Waals surface area (Å²) in [6, 6.07) is 0. The topological polar surface area (TPSA) is 40.5 Å². The second-order valence-corrected chi connectivity index (χ2v) is 2.14. The Hall–Kier alpha value is -0.520. The van der Waals surface area contributed by atoms with Crippen LogP contribution in [0, 0.1) is 18.3 Å². The van der Waals surface area contributed by atoms with E-state index in [0.717, 1.165) is 12.8 Å². The van der Waals surface area contributed by atoms with Crippen LogP contribution in [-0.4, -0.2) is 16.0 Å². The lowest BCUT2D eigenvalue weighted by molar-refractivity contribution is -0.125. The van der Waals surface area contributed by atoms with Crippen LogP contribution in [0.15, 0.2) is 0 Å². The number of terminal acetylenes is 1. The average Bonchev–Trinajstić information content (AvgIpc) is 2.44. The van der Waals surface area contributed by atoms with Crippen molar-refractivity contribution in [3.63, 3.8) is 0 Å². The molecule has 0 atom stereocenters. The van der Waals surface area contributed by atoms with E-state index in [1.165, 1.54) is 0 Å². The first-order valence-electron chi connectivity index (χ1n) is 2.59. The van der Waals surface area contributed by atoms with E-state index in [4.69, 9.17) is 16.6 Å². The van der Waals surface area contributed by atoms with Gasteiger partial charge < -0.3 is 10.2 Å². The van der Waals surface area contributed by atoms with Crippen LogP contribution in [0.3, 0.4) is 0 Å². The van der Waals surface area contributed by atoms with Gasteiger partial charge in [0.25, 0.3) is 0 Å². The molecule has 0 aromatic carbocycles. The zero-order chi connectivity index (χ0) is 6.20. The SMILES string of the molecule is C#CC(O)(O)C1CC1. The van der Waals surface area contributed by atoms with E-state index in [2.05, 4.69) is 0 Å². The van der Waals surface area contributed by atoms with E-state index in [9.17, 15) is 0 Å². The Bertz CT molecular complexity index is 128. The molecule has 8 heavy (non-hydrogen) atoms. The van der Waals surface area contributed by atoms with Crippen LogP contribution < -0.4 is 0 Å². The van der Waals surface area contributed by atoms with Gasteiger partial charge in [-0.05, 0) is 18.8 Å². The number of hydrogen-bond acceptors (Lipinski definition) is 2. The van der Waals surface area contributed by atoms with Crippen LogP contribution in [0.25, 0.3) is 0 Å². The summed E-state index contributed by atoms with van der Waals surface area (Å²) >= 11 is 0. The maximum absolute atomic E-state index is 8.78. The van der Waals surface area contributed by atoms with Gasteiger partial charge >= 0.3 is 0 Å². The predicted octanol–water partition coefficient (Wildman–Crippen LogP) is -0.290. The quantitative estimate of drug-likeness (QED) is 0.361. The van der Waals surface area contributed by atoms with Crippen LogP contribution in [0.1, 0.15) is 12.8 Å². The lowest BCUT2D eigenvalue weighted by Gasteiger charge is -2.11. The van der Waals surface area contributed by atoms with Crippen LogP contribution in [0.2, 0.25) is 0 Å². The minimum atomic E-state index is -1.82. The van der Waals surface area contributed by atoms with Gasteiger partial charge in [-0.3, -0.25) is 0 Å². The van der Waals surface area contributed by atoms with Gasteiger partial charge in [0.1, 0.15) is 0 Å². The summed E-state index contributed by atoms with van der Waals surface area (Å²) in [5.41, 5.74) is 0. The van der Waals surface area contributed by atoms with Crippen molar-refractivity contribution in [3.05, 3.63) is 0 Å². The summed E-state index contributed by atoms with van der Waals surface area (Å²) in [4.78, 5) is 0. The molecule has 0 aromatic rings. The smallest absolute Gasteiger partial charge is 0.231 e. The van der Waals surface area contributed by atoms with Crippen molar-refractivity contribution in [2.75, 3.05) is 0 Å². The first-order chi connectivity index (χ1) is 3.67. The molecule has 0 aliphatic heterocycles. The molecule has 2 heteroatoms. The molecule has 2 N–H and O–H groups in total. The van der Waals surface area contributed by atoms with Gasteiger partial charge in [0.15, 0.2) is 0 Å². The maximum atomic E-state index is 8.78. The molecule has 0 spiro atoms. The lowest BCUT2D eigenvalue weighted by Crippen LogP contribution is -2.27. The first kappa shape index (κ1) is 5.61. The molecule has 1 saturated carbocycles. The molecular formula is C6H8O2. The van der Waals surface area contributed by atoms with Gasteiger partial charge in [0.05, 0.1) is 0 Å². The van der Waals surface area contributed by atoms with E-state index >= 15 is 0 Å². The summed E-state index contributed by atoms with van der Waals surface area (Å²) in [5, 5.41) is 17.6. The minimum Gasteiger partial charge on any atom is -0.356 e. The third-order valence-corrected chi connectivity index (χ3v) is 1.36. The van der Waals surface area contributed by atoms with Gasteiger partial charge in [0.2, 0.25) is 5.79 Å². The average molecular weight is 112 g/mol. The zero-order valence-electron chi connectivity index (χ0n) is 4.46. The molecular weight excluding hydrogens is 104 g/mol. The maximum Gasteiger partial charge on any atom is 0.231 e. The fourth-order valence-electron chi connectivity index (χ4n) is 0.604. The first-order valence-corrected chi connectivity index (χ1v) is 2.59.